The summed E-state index contributed by atoms with van der Waals surface area (Å²) in [6, 6.07) is 3.08. The quantitative estimate of drug-likeness (QED) is 0.278. The number of hydrogen-bond acceptors (Lipinski definition) is 6. The SMILES string of the molecule is C=CC(=O)N1Cc2nc(CN3C[C@H]4CC(=O)N(c5cc(C(F)(F)F)cc(C)n5)[C@@H]4C(=O)N(C)c4cccc(Cl)c43)cn2C[C@H]1C(F)(F)F. The summed E-state index contributed by atoms with van der Waals surface area (Å²) in [7, 11) is 1.46. The molecule has 1 aromatic carbocycles. The molecule has 2 aromatic heterocycles. The van der Waals surface area contributed by atoms with Gasteiger partial charge in [0.1, 0.15) is 23.7 Å². The molecule has 3 aliphatic heterocycles. The number of anilines is 3. The summed E-state index contributed by atoms with van der Waals surface area (Å²) in [5.74, 6) is -2.89. The number of pyridine rings is 1. The Hall–Kier alpha value is -4.60. The fourth-order valence-electron chi connectivity index (χ4n) is 6.65. The van der Waals surface area contributed by atoms with Crippen molar-refractivity contribution in [3.05, 3.63) is 77.0 Å². The molecule has 0 aliphatic carbocycles. The highest BCUT2D eigenvalue weighted by Crippen LogP contribution is 2.43. The monoisotopic (exact) mass is 695 g/mol. The lowest BCUT2D eigenvalue weighted by molar-refractivity contribution is -0.196. The summed E-state index contributed by atoms with van der Waals surface area (Å²) < 4.78 is 84.3. The van der Waals surface area contributed by atoms with Crippen LogP contribution in [-0.4, -0.2) is 69.0 Å². The van der Waals surface area contributed by atoms with Gasteiger partial charge in [0, 0.05) is 37.8 Å². The van der Waals surface area contributed by atoms with Gasteiger partial charge in [-0.3, -0.25) is 19.3 Å². The van der Waals surface area contributed by atoms with Crippen molar-refractivity contribution in [3.63, 3.8) is 0 Å². The van der Waals surface area contributed by atoms with Gasteiger partial charge >= 0.3 is 12.4 Å². The van der Waals surface area contributed by atoms with Gasteiger partial charge in [-0.15, -0.1) is 0 Å². The van der Waals surface area contributed by atoms with Gasteiger partial charge in [0.05, 0.1) is 47.3 Å². The molecule has 10 nitrogen and oxygen atoms in total. The number of hydrogen-bond donors (Lipinski definition) is 0. The first-order chi connectivity index (χ1) is 22.5. The van der Waals surface area contributed by atoms with Crippen LogP contribution in [0.4, 0.5) is 43.5 Å². The third kappa shape index (κ3) is 5.86. The van der Waals surface area contributed by atoms with Crippen LogP contribution in [0, 0.1) is 12.8 Å². The second kappa shape index (κ2) is 11.8. The highest BCUT2D eigenvalue weighted by molar-refractivity contribution is 6.34. The summed E-state index contributed by atoms with van der Waals surface area (Å²) >= 11 is 6.68. The van der Waals surface area contributed by atoms with Crippen LogP contribution >= 0.6 is 11.6 Å². The maximum atomic E-state index is 14.0. The van der Waals surface area contributed by atoms with Crippen LogP contribution in [0.25, 0.3) is 0 Å². The Morgan fingerprint density at radius 3 is 2.50 bits per heavy atom. The minimum Gasteiger partial charge on any atom is -0.362 e. The molecule has 1 saturated heterocycles. The topological polar surface area (TPSA) is 94.9 Å². The van der Waals surface area contributed by atoms with Crippen LogP contribution < -0.4 is 14.7 Å². The minimum atomic E-state index is -4.72. The molecule has 0 N–H and O–H groups in total. The number of alkyl halides is 6. The smallest absolute Gasteiger partial charge is 0.362 e. The van der Waals surface area contributed by atoms with E-state index in [2.05, 4.69) is 16.5 Å². The molecule has 3 aromatic rings. The number of aromatic nitrogens is 3. The number of aryl methyl sites for hydroxylation is 1. The molecule has 5 heterocycles. The molecule has 6 rings (SSSR count). The van der Waals surface area contributed by atoms with Crippen LogP contribution in [0.2, 0.25) is 5.02 Å². The van der Waals surface area contributed by atoms with Gasteiger partial charge in [0.25, 0.3) is 0 Å². The number of likely N-dealkylation sites (N-methyl/N-ethyl adjacent to an activating group) is 1. The van der Waals surface area contributed by atoms with E-state index in [1.165, 1.54) is 29.6 Å². The van der Waals surface area contributed by atoms with Gasteiger partial charge in [-0.2, -0.15) is 26.3 Å². The zero-order valence-electron chi connectivity index (χ0n) is 25.5. The van der Waals surface area contributed by atoms with E-state index in [1.54, 1.807) is 23.1 Å². The van der Waals surface area contributed by atoms with Crippen molar-refractivity contribution in [2.24, 2.45) is 5.92 Å². The molecule has 3 aliphatic rings. The zero-order chi connectivity index (χ0) is 34.9. The molecule has 0 bridgehead atoms. The van der Waals surface area contributed by atoms with Gasteiger partial charge < -0.3 is 19.3 Å². The molecule has 17 heteroatoms. The Labute approximate surface area is 275 Å². The van der Waals surface area contributed by atoms with E-state index in [9.17, 15) is 40.7 Å². The van der Waals surface area contributed by atoms with Crippen molar-refractivity contribution in [2.75, 3.05) is 28.3 Å². The number of halogens is 7. The van der Waals surface area contributed by atoms with E-state index in [1.807, 2.05) is 0 Å². The Balaban J connectivity index is 1.39. The fourth-order valence-corrected chi connectivity index (χ4v) is 6.94. The average molecular weight is 696 g/mol. The average Bonchev–Trinajstić information content (AvgIpc) is 3.55. The van der Waals surface area contributed by atoms with Gasteiger partial charge in [-0.05, 0) is 37.3 Å². The zero-order valence-corrected chi connectivity index (χ0v) is 26.3. The predicted octanol–water partition coefficient (Wildman–Crippen LogP) is 5.12. The van der Waals surface area contributed by atoms with Crippen LogP contribution in [-0.2, 0) is 40.2 Å². The first-order valence-corrected chi connectivity index (χ1v) is 15.1. The number of carbonyl (C=O) groups is 3. The van der Waals surface area contributed by atoms with E-state index < -0.39 is 66.7 Å². The van der Waals surface area contributed by atoms with E-state index >= 15 is 0 Å². The summed E-state index contributed by atoms with van der Waals surface area (Å²) in [5, 5.41) is 0.241. The normalized spacial score (nSPS) is 21.5. The lowest BCUT2D eigenvalue weighted by Crippen LogP contribution is -2.53. The molecule has 0 radical (unpaired) electrons. The molecule has 0 unspecified atom stereocenters. The molecular weight excluding hydrogens is 668 g/mol. The van der Waals surface area contributed by atoms with E-state index in [4.69, 9.17) is 11.6 Å². The van der Waals surface area contributed by atoms with Crippen molar-refractivity contribution in [1.29, 1.82) is 0 Å². The van der Waals surface area contributed by atoms with Gasteiger partial charge in [0.15, 0.2) is 0 Å². The summed E-state index contributed by atoms with van der Waals surface area (Å²) in [6.45, 7) is 3.65. The van der Waals surface area contributed by atoms with Crippen molar-refractivity contribution < 1.29 is 40.7 Å². The molecule has 254 valence electrons. The third-order valence-corrected chi connectivity index (χ3v) is 9.09. The van der Waals surface area contributed by atoms with Gasteiger partial charge in [-0.25, -0.2) is 9.97 Å². The first-order valence-electron chi connectivity index (χ1n) is 14.7. The van der Waals surface area contributed by atoms with Gasteiger partial charge in [-0.1, -0.05) is 24.2 Å². The minimum absolute atomic E-state index is 0.00587. The molecule has 0 saturated carbocycles. The van der Waals surface area contributed by atoms with Crippen molar-refractivity contribution in [3.8, 4) is 0 Å². The van der Waals surface area contributed by atoms with E-state index in [0.717, 1.165) is 23.1 Å². The fraction of sp³-hybridized carbons (Fsp3) is 0.387. The number of para-hydroxylation sites is 1. The van der Waals surface area contributed by atoms with Crippen LogP contribution in [0.15, 0.2) is 49.2 Å². The summed E-state index contributed by atoms with van der Waals surface area (Å²) in [4.78, 5) is 53.3. The highest BCUT2D eigenvalue weighted by Gasteiger charge is 2.50. The van der Waals surface area contributed by atoms with Crippen molar-refractivity contribution >= 4 is 46.5 Å². The molecule has 1 fully saturated rings. The number of fused-ring (bicyclic) bond motifs is 3. The van der Waals surface area contributed by atoms with Crippen LogP contribution in [0.5, 0.6) is 0 Å². The number of benzene rings is 1. The van der Waals surface area contributed by atoms with E-state index in [0.29, 0.717) is 22.0 Å². The Bertz CT molecular complexity index is 1830. The van der Waals surface area contributed by atoms with Gasteiger partial charge in [0.2, 0.25) is 17.7 Å². The molecule has 0 spiro atoms. The molecule has 48 heavy (non-hydrogen) atoms. The number of rotatable bonds is 4. The molecule has 3 amide bonds. The third-order valence-electron chi connectivity index (χ3n) is 8.78. The Morgan fingerprint density at radius 1 is 1.10 bits per heavy atom. The lowest BCUT2D eigenvalue weighted by Gasteiger charge is -2.39. The molecular formula is C31H28ClF6N7O3. The largest absolute Gasteiger partial charge is 0.416 e. The number of carbonyl (C=O) groups excluding carboxylic acids is 3. The first kappa shape index (κ1) is 33.3. The standard InChI is InChI=1S/C31H28ClF6N7O3/c1-4-25(46)44-15-24-40-19(12-42(24)14-22(44)31(36,37)38)13-43-11-17-9-26(47)45(23-10-18(30(33,34)35)8-16(2)39-23)27(17)29(48)41(3)21-7-5-6-20(32)28(21)43/h4-8,10,12,17,22,27H,1,9,11,13-15H2,2-3H3/t17-,22+,27+/m1/s1. The number of nitrogens with zero attached hydrogens (tertiary/aromatic N) is 7. The predicted molar refractivity (Wildman–Crippen MR) is 162 cm³/mol. The Kier molecular flexibility index (Phi) is 8.20. The van der Waals surface area contributed by atoms with Crippen molar-refractivity contribution in [1.82, 2.24) is 19.4 Å². The maximum absolute atomic E-state index is 14.0. The number of amides is 3. The van der Waals surface area contributed by atoms with Crippen LogP contribution in [0.3, 0.4) is 0 Å². The summed E-state index contributed by atoms with van der Waals surface area (Å²) in [6.07, 6.45) is -7.38. The van der Waals surface area contributed by atoms with Crippen molar-refractivity contribution in [2.45, 2.75) is 57.4 Å². The Morgan fingerprint density at radius 2 is 1.83 bits per heavy atom. The highest BCUT2D eigenvalue weighted by atomic mass is 35.5. The second-order valence-electron chi connectivity index (χ2n) is 11.9. The second-order valence-corrected chi connectivity index (χ2v) is 12.3. The lowest BCUT2D eigenvalue weighted by atomic mass is 9.95. The maximum Gasteiger partial charge on any atom is 0.416 e. The molecule has 3 atom stereocenters. The van der Waals surface area contributed by atoms with Crippen LogP contribution in [0.1, 0.15) is 29.2 Å². The number of imidazole rings is 1. The van der Waals surface area contributed by atoms with E-state index in [-0.39, 0.29) is 41.9 Å². The summed E-state index contributed by atoms with van der Waals surface area (Å²) in [5.41, 5.74) is 0.0484.